The fourth-order valence-electron chi connectivity index (χ4n) is 2.89. The van der Waals surface area contributed by atoms with E-state index in [1.165, 1.54) is 6.42 Å². The number of furan rings is 1. The third kappa shape index (κ3) is 3.01. The van der Waals surface area contributed by atoms with Crippen molar-refractivity contribution in [2.75, 3.05) is 19.6 Å². The summed E-state index contributed by atoms with van der Waals surface area (Å²) in [6.07, 6.45) is 1.18. The Kier molecular flexibility index (Phi) is 4.07. The van der Waals surface area contributed by atoms with Gasteiger partial charge in [-0.3, -0.25) is 4.90 Å². The van der Waals surface area contributed by atoms with E-state index in [0.29, 0.717) is 24.4 Å². The average Bonchev–Trinajstić information content (AvgIpc) is 3.17. The summed E-state index contributed by atoms with van der Waals surface area (Å²) in [5.74, 6) is 2.88. The van der Waals surface area contributed by atoms with Gasteiger partial charge < -0.3 is 14.2 Å². The van der Waals surface area contributed by atoms with Crippen LogP contribution in [-0.4, -0.2) is 40.8 Å². The van der Waals surface area contributed by atoms with Gasteiger partial charge in [-0.15, -0.1) is 10.2 Å². The van der Waals surface area contributed by atoms with Gasteiger partial charge in [0.05, 0.1) is 12.1 Å². The van der Waals surface area contributed by atoms with Crippen LogP contribution in [0.15, 0.2) is 14.9 Å². The van der Waals surface area contributed by atoms with Crippen LogP contribution in [-0.2, 0) is 6.54 Å². The van der Waals surface area contributed by atoms with Crippen molar-refractivity contribution in [2.45, 2.75) is 39.8 Å². The third-order valence-corrected chi connectivity index (χ3v) is 4.03. The molecule has 3 heterocycles. The van der Waals surface area contributed by atoms with E-state index in [1.807, 2.05) is 19.9 Å². The Hall–Kier alpha value is -1.66. The van der Waals surface area contributed by atoms with Crippen LogP contribution < -0.4 is 5.32 Å². The Labute approximate surface area is 124 Å². The maximum atomic E-state index is 5.81. The summed E-state index contributed by atoms with van der Waals surface area (Å²) in [6, 6.07) is 2.49. The summed E-state index contributed by atoms with van der Waals surface area (Å²) in [5.41, 5.74) is 0.886. The van der Waals surface area contributed by atoms with Gasteiger partial charge in [-0.25, -0.2) is 0 Å². The lowest BCUT2D eigenvalue weighted by Crippen LogP contribution is -2.36. The van der Waals surface area contributed by atoms with Gasteiger partial charge in [0.2, 0.25) is 5.89 Å². The lowest BCUT2D eigenvalue weighted by Gasteiger charge is -2.24. The minimum atomic E-state index is 0.542. The quantitative estimate of drug-likeness (QED) is 0.910. The molecule has 0 saturated carbocycles. The summed E-state index contributed by atoms with van der Waals surface area (Å²) < 4.78 is 11.3. The second-order valence-corrected chi connectivity index (χ2v) is 5.54. The number of likely N-dealkylation sites (N-methyl/N-ethyl adjacent to an activating group) is 1. The van der Waals surface area contributed by atoms with Gasteiger partial charge in [0.15, 0.2) is 0 Å². The normalized spacial score (nSPS) is 18.8. The Bertz CT molecular complexity index is 599. The number of hydrogen-bond donors (Lipinski definition) is 1. The first-order valence-electron chi connectivity index (χ1n) is 7.52. The van der Waals surface area contributed by atoms with Crippen molar-refractivity contribution >= 4 is 0 Å². The molecule has 114 valence electrons. The minimum absolute atomic E-state index is 0.542. The first kappa shape index (κ1) is 14.3. The van der Waals surface area contributed by atoms with Crippen LogP contribution in [0.2, 0.25) is 0 Å². The number of aryl methyl sites for hydroxylation is 2. The molecule has 3 rings (SSSR count). The Morgan fingerprint density at radius 1 is 1.33 bits per heavy atom. The van der Waals surface area contributed by atoms with E-state index in [4.69, 9.17) is 8.83 Å². The van der Waals surface area contributed by atoms with Crippen LogP contribution in [0.25, 0.3) is 11.5 Å². The van der Waals surface area contributed by atoms with E-state index in [1.54, 1.807) is 0 Å². The fraction of sp³-hybridized carbons (Fsp3) is 0.600. The summed E-state index contributed by atoms with van der Waals surface area (Å²) >= 11 is 0. The minimum Gasteiger partial charge on any atom is -0.466 e. The zero-order valence-electron chi connectivity index (χ0n) is 12.8. The molecule has 6 nitrogen and oxygen atoms in total. The molecule has 0 spiro atoms. The van der Waals surface area contributed by atoms with Crippen molar-refractivity contribution in [3.63, 3.8) is 0 Å². The van der Waals surface area contributed by atoms with Crippen LogP contribution in [0.3, 0.4) is 0 Å². The van der Waals surface area contributed by atoms with Gasteiger partial charge in [0.1, 0.15) is 11.5 Å². The maximum Gasteiger partial charge on any atom is 0.251 e. The largest absolute Gasteiger partial charge is 0.466 e. The van der Waals surface area contributed by atoms with E-state index in [9.17, 15) is 0 Å². The predicted molar refractivity (Wildman–Crippen MR) is 78.8 cm³/mol. The first-order chi connectivity index (χ1) is 10.2. The lowest BCUT2D eigenvalue weighted by molar-refractivity contribution is 0.191. The molecule has 1 atom stereocenters. The van der Waals surface area contributed by atoms with Crippen LogP contribution in [0, 0.1) is 13.8 Å². The molecule has 1 aliphatic heterocycles. The summed E-state index contributed by atoms with van der Waals surface area (Å²) in [5, 5.41) is 11.7. The van der Waals surface area contributed by atoms with E-state index in [-0.39, 0.29) is 0 Å². The Morgan fingerprint density at radius 2 is 2.19 bits per heavy atom. The average molecular weight is 290 g/mol. The van der Waals surface area contributed by atoms with Gasteiger partial charge in [0.25, 0.3) is 5.89 Å². The van der Waals surface area contributed by atoms with Crippen molar-refractivity contribution in [1.29, 1.82) is 0 Å². The molecule has 1 saturated heterocycles. The Morgan fingerprint density at radius 3 is 2.81 bits per heavy atom. The van der Waals surface area contributed by atoms with Crippen LogP contribution in [0.4, 0.5) is 0 Å². The fourth-order valence-corrected chi connectivity index (χ4v) is 2.89. The molecule has 0 aliphatic carbocycles. The Balaban J connectivity index is 1.73. The molecule has 1 unspecified atom stereocenters. The second kappa shape index (κ2) is 5.99. The topological polar surface area (TPSA) is 67.3 Å². The monoisotopic (exact) mass is 290 g/mol. The number of nitrogens with zero attached hydrogens (tertiary/aromatic N) is 3. The summed E-state index contributed by atoms with van der Waals surface area (Å²) in [7, 11) is 0. The van der Waals surface area contributed by atoms with Crippen molar-refractivity contribution in [1.82, 2.24) is 20.4 Å². The van der Waals surface area contributed by atoms with E-state index < -0.39 is 0 Å². The highest BCUT2D eigenvalue weighted by molar-refractivity contribution is 5.55. The van der Waals surface area contributed by atoms with Gasteiger partial charge >= 0.3 is 0 Å². The van der Waals surface area contributed by atoms with Crippen LogP contribution in [0.1, 0.15) is 30.8 Å². The molecule has 0 radical (unpaired) electrons. The molecule has 1 aliphatic rings. The van der Waals surface area contributed by atoms with Crippen molar-refractivity contribution < 1.29 is 8.83 Å². The van der Waals surface area contributed by atoms with Gasteiger partial charge in [0, 0.05) is 12.6 Å². The lowest BCUT2D eigenvalue weighted by atomic mass is 10.2. The summed E-state index contributed by atoms with van der Waals surface area (Å²) in [4.78, 5) is 2.38. The van der Waals surface area contributed by atoms with Gasteiger partial charge in [-0.2, -0.15) is 0 Å². The van der Waals surface area contributed by atoms with Crippen molar-refractivity contribution in [2.24, 2.45) is 0 Å². The van der Waals surface area contributed by atoms with Gasteiger partial charge in [-0.05, 0) is 39.4 Å². The van der Waals surface area contributed by atoms with E-state index in [0.717, 1.165) is 36.7 Å². The molecular formula is C15H22N4O2. The SMILES string of the molecule is CCN(Cc1nnc(-c2cc(C)oc2C)o1)C1CCNC1. The molecule has 0 bridgehead atoms. The number of rotatable bonds is 5. The molecule has 0 amide bonds. The van der Waals surface area contributed by atoms with Gasteiger partial charge in [-0.1, -0.05) is 6.92 Å². The molecule has 0 aromatic carbocycles. The van der Waals surface area contributed by atoms with Crippen molar-refractivity contribution in [3.05, 3.63) is 23.5 Å². The predicted octanol–water partition coefficient (Wildman–Crippen LogP) is 2.13. The highest BCUT2D eigenvalue weighted by atomic mass is 16.4. The molecule has 2 aromatic rings. The highest BCUT2D eigenvalue weighted by Crippen LogP contribution is 2.25. The van der Waals surface area contributed by atoms with Crippen LogP contribution >= 0.6 is 0 Å². The van der Waals surface area contributed by atoms with Crippen LogP contribution in [0.5, 0.6) is 0 Å². The second-order valence-electron chi connectivity index (χ2n) is 5.54. The smallest absolute Gasteiger partial charge is 0.251 e. The molecule has 6 heteroatoms. The van der Waals surface area contributed by atoms with E-state index in [2.05, 4.69) is 27.3 Å². The standard InChI is InChI=1S/C15H22N4O2/c1-4-19(12-5-6-16-8-12)9-14-17-18-15(21-14)13-7-10(2)20-11(13)3/h7,12,16H,4-6,8-9H2,1-3H3. The number of aromatic nitrogens is 2. The zero-order chi connectivity index (χ0) is 14.8. The molecule has 1 fully saturated rings. The zero-order valence-corrected chi connectivity index (χ0v) is 12.8. The summed E-state index contributed by atoms with van der Waals surface area (Å²) in [6.45, 7) is 9.80. The van der Waals surface area contributed by atoms with E-state index >= 15 is 0 Å². The highest BCUT2D eigenvalue weighted by Gasteiger charge is 2.23. The van der Waals surface area contributed by atoms with Crippen molar-refractivity contribution in [3.8, 4) is 11.5 Å². The molecule has 21 heavy (non-hydrogen) atoms. The number of nitrogens with one attached hydrogen (secondary N) is 1. The first-order valence-corrected chi connectivity index (χ1v) is 7.52. The third-order valence-electron chi connectivity index (χ3n) is 4.03. The molecule has 2 aromatic heterocycles. The number of hydrogen-bond acceptors (Lipinski definition) is 6. The molecule has 1 N–H and O–H groups in total. The molecular weight excluding hydrogens is 268 g/mol. The maximum absolute atomic E-state index is 5.81.